The van der Waals surface area contributed by atoms with Crippen LogP contribution in [0.1, 0.15) is 26.3 Å². The van der Waals surface area contributed by atoms with Crippen molar-refractivity contribution in [1.29, 1.82) is 0 Å². The van der Waals surface area contributed by atoms with Crippen LogP contribution in [0.25, 0.3) is 0 Å². The maximum atomic E-state index is 12.3. The van der Waals surface area contributed by atoms with Gasteiger partial charge in [0.25, 0.3) is 5.91 Å². The third-order valence-electron chi connectivity index (χ3n) is 3.47. The van der Waals surface area contributed by atoms with Crippen LogP contribution < -0.4 is 0 Å². The van der Waals surface area contributed by atoms with Crippen molar-refractivity contribution in [2.75, 3.05) is 6.54 Å². The van der Waals surface area contributed by atoms with Crippen LogP contribution in [-0.4, -0.2) is 23.1 Å². The fraction of sp³-hybridized carbons (Fsp3) is 0.125. The van der Waals surface area contributed by atoms with Crippen LogP contribution in [0.3, 0.4) is 0 Å². The first kappa shape index (κ1) is 14.1. The molecule has 106 valence electrons. The topological polar surface area (TPSA) is 37.4 Å². The van der Waals surface area contributed by atoms with Gasteiger partial charge in [0.05, 0.1) is 16.6 Å². The van der Waals surface area contributed by atoms with Gasteiger partial charge in [0.15, 0.2) is 5.78 Å². The first-order chi connectivity index (χ1) is 10.1. The molecule has 0 bridgehead atoms. The molecule has 0 atom stereocenters. The van der Waals surface area contributed by atoms with E-state index in [4.69, 9.17) is 23.2 Å². The Morgan fingerprint density at radius 2 is 1.86 bits per heavy atom. The second kappa shape index (κ2) is 5.51. The van der Waals surface area contributed by atoms with E-state index in [0.29, 0.717) is 27.7 Å². The van der Waals surface area contributed by atoms with Crippen LogP contribution in [0, 0.1) is 0 Å². The highest BCUT2D eigenvalue weighted by Gasteiger charge is 2.28. The predicted octanol–water partition coefficient (Wildman–Crippen LogP) is 3.83. The summed E-state index contributed by atoms with van der Waals surface area (Å²) in [6.07, 6.45) is 0. The summed E-state index contributed by atoms with van der Waals surface area (Å²) in [7, 11) is 0. The summed E-state index contributed by atoms with van der Waals surface area (Å²) in [6.45, 7) is 0.494. The molecule has 0 saturated carbocycles. The first-order valence-corrected chi connectivity index (χ1v) is 7.17. The Kier molecular flexibility index (Phi) is 3.70. The summed E-state index contributed by atoms with van der Waals surface area (Å²) in [4.78, 5) is 26.0. The molecule has 2 aromatic carbocycles. The smallest absolute Gasteiger partial charge is 0.254 e. The number of rotatable bonds is 3. The molecule has 5 heteroatoms. The Morgan fingerprint density at radius 3 is 2.57 bits per heavy atom. The number of benzene rings is 2. The maximum absolute atomic E-state index is 12.3. The van der Waals surface area contributed by atoms with Gasteiger partial charge in [-0.3, -0.25) is 9.59 Å². The van der Waals surface area contributed by atoms with E-state index < -0.39 is 0 Å². The molecule has 0 aliphatic carbocycles. The summed E-state index contributed by atoms with van der Waals surface area (Å²) in [5.41, 5.74) is 2.07. The van der Waals surface area contributed by atoms with Gasteiger partial charge < -0.3 is 4.90 Å². The first-order valence-electron chi connectivity index (χ1n) is 6.41. The number of carbonyl (C=O) groups is 2. The molecular formula is C16H11Cl2NO2. The second-order valence-electron chi connectivity index (χ2n) is 4.87. The Labute approximate surface area is 132 Å². The van der Waals surface area contributed by atoms with Gasteiger partial charge in [0.2, 0.25) is 0 Å². The van der Waals surface area contributed by atoms with E-state index in [2.05, 4.69) is 0 Å². The quantitative estimate of drug-likeness (QED) is 0.806. The minimum absolute atomic E-state index is 0.0332. The normalized spacial score (nSPS) is 13.4. The van der Waals surface area contributed by atoms with Crippen molar-refractivity contribution in [1.82, 2.24) is 4.90 Å². The standard InChI is InChI=1S/C16H11Cl2NO2/c17-13-6-5-10(7-14(13)18)15(20)9-19-8-11-3-1-2-4-12(11)16(19)21/h1-7H,8-9H2. The lowest BCUT2D eigenvalue weighted by molar-refractivity contribution is 0.0729. The van der Waals surface area contributed by atoms with Crippen LogP contribution in [0.15, 0.2) is 42.5 Å². The summed E-state index contributed by atoms with van der Waals surface area (Å²) < 4.78 is 0. The van der Waals surface area contributed by atoms with E-state index in [9.17, 15) is 9.59 Å². The number of halogens is 2. The third-order valence-corrected chi connectivity index (χ3v) is 4.21. The minimum atomic E-state index is -0.158. The zero-order valence-electron chi connectivity index (χ0n) is 11.0. The van der Waals surface area contributed by atoms with Crippen molar-refractivity contribution in [3.8, 4) is 0 Å². The van der Waals surface area contributed by atoms with Gasteiger partial charge in [0, 0.05) is 17.7 Å². The van der Waals surface area contributed by atoms with Crippen molar-refractivity contribution in [3.05, 3.63) is 69.2 Å². The lowest BCUT2D eigenvalue weighted by Gasteiger charge is -2.14. The number of nitrogens with zero attached hydrogens (tertiary/aromatic N) is 1. The number of fused-ring (bicyclic) bond motifs is 1. The van der Waals surface area contributed by atoms with E-state index in [1.54, 1.807) is 18.2 Å². The van der Waals surface area contributed by atoms with E-state index in [-0.39, 0.29) is 18.2 Å². The van der Waals surface area contributed by atoms with E-state index in [1.807, 2.05) is 18.2 Å². The molecule has 0 aromatic heterocycles. The highest BCUT2D eigenvalue weighted by Crippen LogP contribution is 2.25. The Morgan fingerprint density at radius 1 is 1.10 bits per heavy atom. The summed E-state index contributed by atoms with van der Waals surface area (Å²) in [5, 5.41) is 0.733. The molecule has 0 spiro atoms. The van der Waals surface area contributed by atoms with Gasteiger partial charge in [-0.1, -0.05) is 41.4 Å². The Hall–Kier alpha value is -1.84. The van der Waals surface area contributed by atoms with Crippen molar-refractivity contribution >= 4 is 34.9 Å². The second-order valence-corrected chi connectivity index (χ2v) is 5.68. The number of ketones is 1. The van der Waals surface area contributed by atoms with Crippen LogP contribution in [-0.2, 0) is 6.54 Å². The lowest BCUT2D eigenvalue weighted by Crippen LogP contribution is -2.30. The average molecular weight is 320 g/mol. The summed E-state index contributed by atoms with van der Waals surface area (Å²) in [5.74, 6) is -0.270. The number of Topliss-reactive ketones (excluding diaryl/α,β-unsaturated/α-hetero) is 1. The lowest BCUT2D eigenvalue weighted by atomic mass is 10.1. The molecule has 2 aromatic rings. The largest absolute Gasteiger partial charge is 0.327 e. The number of hydrogen-bond acceptors (Lipinski definition) is 2. The van der Waals surface area contributed by atoms with Gasteiger partial charge in [0.1, 0.15) is 0 Å². The molecule has 0 N–H and O–H groups in total. The predicted molar refractivity (Wildman–Crippen MR) is 82.0 cm³/mol. The van der Waals surface area contributed by atoms with Crippen LogP contribution >= 0.6 is 23.2 Å². The van der Waals surface area contributed by atoms with E-state index in [1.165, 1.54) is 11.0 Å². The summed E-state index contributed by atoms with van der Waals surface area (Å²) in [6, 6.07) is 12.1. The molecule has 21 heavy (non-hydrogen) atoms. The fourth-order valence-corrected chi connectivity index (χ4v) is 2.67. The van der Waals surface area contributed by atoms with Gasteiger partial charge in [-0.25, -0.2) is 0 Å². The molecule has 1 aliphatic rings. The van der Waals surface area contributed by atoms with Crippen molar-refractivity contribution < 1.29 is 9.59 Å². The van der Waals surface area contributed by atoms with Crippen LogP contribution in [0.4, 0.5) is 0 Å². The molecule has 3 rings (SSSR count). The maximum Gasteiger partial charge on any atom is 0.254 e. The molecule has 1 aliphatic heterocycles. The highest BCUT2D eigenvalue weighted by atomic mass is 35.5. The van der Waals surface area contributed by atoms with Crippen LogP contribution in [0.5, 0.6) is 0 Å². The SMILES string of the molecule is O=C(CN1Cc2ccccc2C1=O)c1ccc(Cl)c(Cl)c1. The minimum Gasteiger partial charge on any atom is -0.327 e. The molecule has 1 amide bonds. The van der Waals surface area contributed by atoms with Gasteiger partial charge in [-0.05, 0) is 29.8 Å². The van der Waals surface area contributed by atoms with Crippen molar-refractivity contribution in [2.45, 2.75) is 6.54 Å². The molecule has 1 heterocycles. The monoisotopic (exact) mass is 319 g/mol. The molecule has 0 saturated heterocycles. The van der Waals surface area contributed by atoms with Gasteiger partial charge in [-0.2, -0.15) is 0 Å². The number of carbonyl (C=O) groups excluding carboxylic acids is 2. The zero-order chi connectivity index (χ0) is 15.0. The van der Waals surface area contributed by atoms with Crippen LogP contribution in [0.2, 0.25) is 10.0 Å². The number of amides is 1. The van der Waals surface area contributed by atoms with E-state index in [0.717, 1.165) is 5.56 Å². The third kappa shape index (κ3) is 2.67. The zero-order valence-corrected chi connectivity index (χ0v) is 12.5. The Balaban J connectivity index is 1.77. The van der Waals surface area contributed by atoms with Gasteiger partial charge in [-0.15, -0.1) is 0 Å². The van der Waals surface area contributed by atoms with Crippen molar-refractivity contribution in [2.24, 2.45) is 0 Å². The summed E-state index contributed by atoms with van der Waals surface area (Å²) >= 11 is 11.7. The number of hydrogen-bond donors (Lipinski definition) is 0. The Bertz CT molecular complexity index is 743. The molecule has 0 unspecified atom stereocenters. The van der Waals surface area contributed by atoms with Gasteiger partial charge >= 0.3 is 0 Å². The highest BCUT2D eigenvalue weighted by molar-refractivity contribution is 6.42. The molecule has 0 fully saturated rings. The van der Waals surface area contributed by atoms with E-state index >= 15 is 0 Å². The average Bonchev–Trinajstić information content (AvgIpc) is 2.79. The van der Waals surface area contributed by atoms with Crippen molar-refractivity contribution in [3.63, 3.8) is 0 Å². The fourth-order valence-electron chi connectivity index (χ4n) is 2.38. The molecule has 0 radical (unpaired) electrons. The molecular weight excluding hydrogens is 309 g/mol. The molecule has 3 nitrogen and oxygen atoms in total.